The zero-order valence-electron chi connectivity index (χ0n) is 7.47. The van der Waals surface area contributed by atoms with Gasteiger partial charge in [0.2, 0.25) is 0 Å². The number of hydrogen-bond acceptors (Lipinski definition) is 3. The van der Waals surface area contributed by atoms with Crippen LogP contribution in [-0.4, -0.2) is 26.4 Å². The largest absolute Gasteiger partial charge is 1.00 e. The summed E-state index contributed by atoms with van der Waals surface area (Å²) in [5, 5.41) is 19.6. The van der Waals surface area contributed by atoms with Crippen molar-refractivity contribution in [1.29, 1.82) is 0 Å². The first kappa shape index (κ1) is 19.7. The third-order valence-electron chi connectivity index (χ3n) is 0.866. The van der Waals surface area contributed by atoms with E-state index in [-0.39, 0.29) is 116 Å². The van der Waals surface area contributed by atoms with Crippen molar-refractivity contribution in [2.75, 3.05) is 26.4 Å². The summed E-state index contributed by atoms with van der Waals surface area (Å²) in [5.41, 5.74) is 0. The van der Waals surface area contributed by atoms with Gasteiger partial charge in [-0.3, -0.25) is 0 Å². The van der Waals surface area contributed by atoms with E-state index in [0.29, 0.717) is 26.1 Å². The fourth-order valence-corrected chi connectivity index (χ4v) is 0.424. The second kappa shape index (κ2) is 18.8. The van der Waals surface area contributed by atoms with Crippen molar-refractivity contribution in [3.8, 4) is 0 Å². The van der Waals surface area contributed by atoms with Gasteiger partial charge in [-0.15, -0.1) is 13.2 Å². The molecule has 56 valence electrons. The molecule has 0 rings (SSSR count). The van der Waals surface area contributed by atoms with E-state index in [0.717, 1.165) is 0 Å². The average molecular weight is 210 g/mol. The molecule has 0 aliphatic rings. The van der Waals surface area contributed by atoms with Crippen molar-refractivity contribution < 1.29 is 118 Å². The van der Waals surface area contributed by atoms with Crippen LogP contribution in [0, 0.1) is 0 Å². The van der Waals surface area contributed by atoms with Gasteiger partial charge < -0.3 is 14.9 Å². The molecule has 0 radical (unpaired) electrons. The third-order valence-corrected chi connectivity index (χ3v) is 0.866. The van der Waals surface area contributed by atoms with Crippen molar-refractivity contribution in [2.24, 2.45) is 0 Å². The summed E-state index contributed by atoms with van der Waals surface area (Å²) < 4.78 is 4.91. The molecule has 0 unspecified atom stereocenters. The molecule has 0 bridgehead atoms. The standard InChI is InChI=1S/C6H12O3.2K/c7-3-1-5-9-6-2-4-8;;/h1-6H2;;/q-2;2*+1. The predicted molar refractivity (Wildman–Crippen MR) is 29.8 cm³/mol. The molecular formula is C6H12K2O3. The van der Waals surface area contributed by atoms with Crippen LogP contribution >= 0.6 is 0 Å². The second-order valence-corrected chi connectivity index (χ2v) is 1.73. The molecule has 11 heavy (non-hydrogen) atoms. The van der Waals surface area contributed by atoms with Gasteiger partial charge in [0.25, 0.3) is 0 Å². The average Bonchev–Trinajstić information content (AvgIpc) is 1.89. The van der Waals surface area contributed by atoms with Gasteiger partial charge in [-0.2, -0.15) is 0 Å². The summed E-state index contributed by atoms with van der Waals surface area (Å²) in [6.45, 7) is 0.835. The molecule has 3 nitrogen and oxygen atoms in total. The van der Waals surface area contributed by atoms with E-state index in [1.165, 1.54) is 0 Å². The molecule has 0 heterocycles. The summed E-state index contributed by atoms with van der Waals surface area (Å²) in [5.74, 6) is 0. The second-order valence-electron chi connectivity index (χ2n) is 1.73. The Morgan fingerprint density at radius 2 is 1.18 bits per heavy atom. The van der Waals surface area contributed by atoms with Crippen molar-refractivity contribution in [3.63, 3.8) is 0 Å². The summed E-state index contributed by atoms with van der Waals surface area (Å²) in [7, 11) is 0. The molecule has 0 saturated carbocycles. The van der Waals surface area contributed by atoms with Crippen LogP contribution in [0.1, 0.15) is 12.8 Å². The molecule has 0 spiro atoms. The number of hydrogen-bond donors (Lipinski definition) is 0. The number of ether oxygens (including phenoxy) is 1. The molecular weight excluding hydrogens is 198 g/mol. The fraction of sp³-hybridized carbons (Fsp3) is 1.00. The quantitative estimate of drug-likeness (QED) is 0.323. The summed E-state index contributed by atoms with van der Waals surface area (Å²) in [6.07, 6.45) is 1.11. The Balaban J connectivity index is -0.000000320. The third kappa shape index (κ3) is 19.5. The monoisotopic (exact) mass is 210 g/mol. The van der Waals surface area contributed by atoms with Crippen molar-refractivity contribution in [1.82, 2.24) is 0 Å². The van der Waals surface area contributed by atoms with Crippen LogP contribution in [0.15, 0.2) is 0 Å². The van der Waals surface area contributed by atoms with Crippen molar-refractivity contribution in [3.05, 3.63) is 0 Å². The first-order valence-corrected chi connectivity index (χ1v) is 3.15. The molecule has 0 aromatic heterocycles. The van der Waals surface area contributed by atoms with E-state index in [1.807, 2.05) is 0 Å². The van der Waals surface area contributed by atoms with Gasteiger partial charge in [0.15, 0.2) is 0 Å². The van der Waals surface area contributed by atoms with Crippen LogP contribution < -0.4 is 113 Å². The Kier molecular flexibility index (Phi) is 33.7. The minimum Gasteiger partial charge on any atom is -0.854 e. The van der Waals surface area contributed by atoms with E-state index < -0.39 is 0 Å². The SMILES string of the molecule is [K+].[K+].[O-]CCCOCCC[O-]. The summed E-state index contributed by atoms with van der Waals surface area (Å²) in [4.78, 5) is 0. The van der Waals surface area contributed by atoms with Gasteiger partial charge in [0, 0.05) is 13.2 Å². The Morgan fingerprint density at radius 1 is 0.818 bits per heavy atom. The molecule has 0 aromatic carbocycles. The summed E-state index contributed by atoms with van der Waals surface area (Å²) >= 11 is 0. The minimum absolute atomic E-state index is 0. The zero-order valence-corrected chi connectivity index (χ0v) is 13.7. The van der Waals surface area contributed by atoms with Gasteiger partial charge in [-0.25, -0.2) is 0 Å². The molecule has 0 amide bonds. The summed E-state index contributed by atoms with van der Waals surface area (Å²) in [6, 6.07) is 0. The van der Waals surface area contributed by atoms with Gasteiger partial charge >= 0.3 is 103 Å². The van der Waals surface area contributed by atoms with Crippen LogP contribution in [0.4, 0.5) is 0 Å². The van der Waals surface area contributed by atoms with E-state index >= 15 is 0 Å². The Hall–Kier alpha value is 3.15. The molecule has 0 saturated heterocycles. The van der Waals surface area contributed by atoms with Crippen LogP contribution in [0.2, 0.25) is 0 Å². The van der Waals surface area contributed by atoms with Crippen LogP contribution in [-0.2, 0) is 4.74 Å². The van der Waals surface area contributed by atoms with Crippen molar-refractivity contribution in [2.45, 2.75) is 12.8 Å². The maximum atomic E-state index is 9.82. The first-order valence-electron chi connectivity index (χ1n) is 3.15. The maximum Gasteiger partial charge on any atom is 1.00 e. The minimum atomic E-state index is -0.0859. The van der Waals surface area contributed by atoms with Gasteiger partial charge in [-0.1, -0.05) is 0 Å². The Labute approximate surface area is 153 Å². The Morgan fingerprint density at radius 3 is 1.45 bits per heavy atom. The molecule has 0 N–H and O–H groups in total. The fourth-order valence-electron chi connectivity index (χ4n) is 0.424. The number of rotatable bonds is 6. The maximum absolute atomic E-state index is 9.82. The van der Waals surface area contributed by atoms with Crippen molar-refractivity contribution >= 4 is 0 Å². The molecule has 0 aromatic rings. The van der Waals surface area contributed by atoms with E-state index in [9.17, 15) is 10.2 Å². The first-order chi connectivity index (χ1) is 4.41. The van der Waals surface area contributed by atoms with Crippen LogP contribution in [0.3, 0.4) is 0 Å². The van der Waals surface area contributed by atoms with E-state index in [1.54, 1.807) is 0 Å². The van der Waals surface area contributed by atoms with Gasteiger partial charge in [0.1, 0.15) is 0 Å². The molecule has 0 aliphatic carbocycles. The van der Waals surface area contributed by atoms with Crippen LogP contribution in [0.5, 0.6) is 0 Å². The topological polar surface area (TPSA) is 55.3 Å². The predicted octanol–water partition coefficient (Wildman–Crippen LogP) is -7.49. The van der Waals surface area contributed by atoms with E-state index in [4.69, 9.17) is 4.74 Å². The molecule has 0 fully saturated rings. The zero-order chi connectivity index (χ0) is 6.95. The molecule has 0 aliphatic heterocycles. The van der Waals surface area contributed by atoms with Gasteiger partial charge in [0.05, 0.1) is 0 Å². The normalized spacial score (nSPS) is 8.18. The van der Waals surface area contributed by atoms with Gasteiger partial charge in [-0.05, 0) is 12.8 Å². The Bertz CT molecular complexity index is 49.1. The van der Waals surface area contributed by atoms with Crippen LogP contribution in [0.25, 0.3) is 0 Å². The smallest absolute Gasteiger partial charge is 0.854 e. The molecule has 0 atom stereocenters. The molecule has 5 heteroatoms. The van der Waals surface area contributed by atoms with E-state index in [2.05, 4.69) is 0 Å².